The fourth-order valence-electron chi connectivity index (χ4n) is 3.99. The van der Waals surface area contributed by atoms with Crippen LogP contribution in [0.3, 0.4) is 0 Å². The number of Topliss-reactive ketones (excluding diaryl/α,β-unsaturated/α-hetero) is 1. The molecule has 2 aromatic rings. The van der Waals surface area contributed by atoms with Gasteiger partial charge in [-0.25, -0.2) is 4.98 Å². The van der Waals surface area contributed by atoms with Gasteiger partial charge in [-0.2, -0.15) is 0 Å². The van der Waals surface area contributed by atoms with Crippen LogP contribution in [-0.2, 0) is 15.0 Å². The highest BCUT2D eigenvalue weighted by Gasteiger charge is 2.39. The van der Waals surface area contributed by atoms with Gasteiger partial charge in [0, 0.05) is 17.4 Å². The largest absolute Gasteiger partial charge is 0.481 e. The van der Waals surface area contributed by atoms with Crippen molar-refractivity contribution in [3.8, 4) is 10.6 Å². The maximum Gasteiger partial charge on any atom is 0.309 e. The Morgan fingerprint density at radius 3 is 2.29 bits per heavy atom. The molecule has 3 rings (SSSR count). The predicted octanol–water partition coefficient (Wildman–Crippen LogP) is 7.23. The van der Waals surface area contributed by atoms with E-state index in [0.717, 1.165) is 10.7 Å². The molecule has 0 aliphatic heterocycles. The smallest absolute Gasteiger partial charge is 0.309 e. The van der Waals surface area contributed by atoms with Gasteiger partial charge >= 0.3 is 5.97 Å². The predicted molar refractivity (Wildman–Crippen MR) is 129 cm³/mol. The molecule has 1 saturated carbocycles. The van der Waals surface area contributed by atoms with Crippen molar-refractivity contribution in [3.05, 3.63) is 40.9 Å². The number of nitrogens with zero attached hydrogens (tertiary/aromatic N) is 1. The molecule has 4 nitrogen and oxygen atoms in total. The van der Waals surface area contributed by atoms with Gasteiger partial charge in [-0.1, -0.05) is 57.4 Å². The zero-order valence-electron chi connectivity index (χ0n) is 19.8. The molecule has 0 saturated heterocycles. The Kier molecular flexibility index (Phi) is 8.58. The Hall–Kier alpha value is -2.01. The number of rotatable bonds is 7. The first kappa shape index (κ1) is 25.3. The molecule has 1 aliphatic carbocycles. The van der Waals surface area contributed by atoms with E-state index in [1.54, 1.807) is 25.2 Å². The van der Waals surface area contributed by atoms with Crippen molar-refractivity contribution < 1.29 is 14.7 Å². The minimum atomic E-state index is -1.08. The zero-order valence-corrected chi connectivity index (χ0v) is 20.6. The summed E-state index contributed by atoms with van der Waals surface area (Å²) in [4.78, 5) is 29.2. The van der Waals surface area contributed by atoms with Crippen LogP contribution in [-0.4, -0.2) is 21.8 Å². The lowest BCUT2D eigenvalue weighted by atomic mass is 9.76. The van der Waals surface area contributed by atoms with E-state index in [1.807, 2.05) is 33.1 Å². The molecule has 5 heteroatoms. The average molecular weight is 444 g/mol. The number of carboxylic acid groups (broad SMARTS) is 1. The molecule has 0 unspecified atom stereocenters. The Balaban J connectivity index is 0.00000166. The maximum atomic E-state index is 12.9. The quantitative estimate of drug-likeness (QED) is 0.490. The molecule has 0 spiro atoms. The monoisotopic (exact) mass is 443 g/mol. The van der Waals surface area contributed by atoms with Gasteiger partial charge in [0.2, 0.25) is 0 Å². The number of thiazole rings is 1. The maximum absolute atomic E-state index is 12.9. The van der Waals surface area contributed by atoms with Gasteiger partial charge in [0.15, 0.2) is 0 Å². The number of carboxylic acids is 1. The van der Waals surface area contributed by atoms with E-state index in [4.69, 9.17) is 4.98 Å². The molecule has 1 N–H and O–H groups in total. The molecular weight excluding hydrogens is 406 g/mol. The van der Waals surface area contributed by atoms with E-state index in [0.29, 0.717) is 5.92 Å². The Labute approximate surface area is 191 Å². The third-order valence-electron chi connectivity index (χ3n) is 6.26. The number of hydrogen-bond acceptors (Lipinski definition) is 4. The van der Waals surface area contributed by atoms with Crippen LogP contribution in [0.5, 0.6) is 0 Å². The summed E-state index contributed by atoms with van der Waals surface area (Å²) in [6.07, 6.45) is 6.32. The van der Waals surface area contributed by atoms with Crippen LogP contribution < -0.4 is 0 Å². The molecule has 0 bridgehead atoms. The summed E-state index contributed by atoms with van der Waals surface area (Å²) >= 11 is 1.57. The second-order valence-electron chi connectivity index (χ2n) is 9.37. The Morgan fingerprint density at radius 1 is 1.06 bits per heavy atom. The van der Waals surface area contributed by atoms with E-state index >= 15 is 0 Å². The SMILES string of the molecule is CC.CC(C)(CC(=O)C(C)(C)c1csc(-c2ccccc2C2CCCCC2)n1)C(=O)O. The molecule has 1 fully saturated rings. The van der Waals surface area contributed by atoms with Gasteiger partial charge in [-0.15, -0.1) is 11.3 Å². The van der Waals surface area contributed by atoms with Gasteiger partial charge < -0.3 is 5.11 Å². The fourth-order valence-corrected chi connectivity index (χ4v) is 5.02. The summed E-state index contributed by atoms with van der Waals surface area (Å²) in [5, 5.41) is 12.3. The molecule has 0 amide bonds. The van der Waals surface area contributed by atoms with E-state index in [2.05, 4.69) is 24.3 Å². The highest BCUT2D eigenvalue weighted by Crippen LogP contribution is 2.40. The van der Waals surface area contributed by atoms with Gasteiger partial charge in [-0.3, -0.25) is 9.59 Å². The lowest BCUT2D eigenvalue weighted by Crippen LogP contribution is -2.36. The minimum absolute atomic E-state index is 0.0130. The van der Waals surface area contributed by atoms with Gasteiger partial charge in [-0.05, 0) is 52.0 Å². The van der Waals surface area contributed by atoms with Crippen LogP contribution in [0.2, 0.25) is 0 Å². The normalized spacial score (nSPS) is 15.2. The molecule has 170 valence electrons. The van der Waals surface area contributed by atoms with E-state index in [9.17, 15) is 14.7 Å². The molecule has 1 aliphatic rings. The summed E-state index contributed by atoms with van der Waals surface area (Å²) in [6.45, 7) is 10.9. The van der Waals surface area contributed by atoms with Crippen molar-refractivity contribution in [2.75, 3.05) is 0 Å². The summed E-state index contributed by atoms with van der Waals surface area (Å²) in [5.41, 5.74) is 1.36. The zero-order chi connectivity index (χ0) is 23.2. The average Bonchev–Trinajstić information content (AvgIpc) is 3.26. The van der Waals surface area contributed by atoms with Crippen molar-refractivity contribution in [2.45, 2.75) is 91.4 Å². The van der Waals surface area contributed by atoms with Crippen LogP contribution in [0, 0.1) is 5.41 Å². The van der Waals surface area contributed by atoms with Crippen LogP contribution >= 0.6 is 11.3 Å². The molecular formula is C26H37NO3S. The van der Waals surface area contributed by atoms with Gasteiger partial charge in [0.25, 0.3) is 0 Å². The lowest BCUT2D eigenvalue weighted by Gasteiger charge is -2.26. The van der Waals surface area contributed by atoms with Crippen molar-refractivity contribution in [2.24, 2.45) is 5.41 Å². The minimum Gasteiger partial charge on any atom is -0.481 e. The first-order valence-corrected chi connectivity index (χ1v) is 12.3. The van der Waals surface area contributed by atoms with Crippen molar-refractivity contribution >= 4 is 23.1 Å². The summed E-state index contributed by atoms with van der Waals surface area (Å²) in [7, 11) is 0. The summed E-state index contributed by atoms with van der Waals surface area (Å²) < 4.78 is 0. The third kappa shape index (κ3) is 5.82. The second kappa shape index (κ2) is 10.5. The third-order valence-corrected chi connectivity index (χ3v) is 7.13. The Morgan fingerprint density at radius 2 is 1.68 bits per heavy atom. The number of ketones is 1. The number of aliphatic carboxylic acids is 1. The number of hydrogen-bond donors (Lipinski definition) is 1. The van der Waals surface area contributed by atoms with Crippen LogP contribution in [0.25, 0.3) is 10.6 Å². The molecule has 0 radical (unpaired) electrons. The van der Waals surface area contributed by atoms with Crippen LogP contribution in [0.15, 0.2) is 29.6 Å². The molecule has 1 aromatic carbocycles. The van der Waals surface area contributed by atoms with Crippen LogP contribution in [0.1, 0.15) is 97.2 Å². The number of carbonyl (C=O) groups excluding carboxylic acids is 1. The standard InChI is InChI=1S/C24H31NO3S.C2H6/c1-23(2,22(27)28)14-20(26)24(3,4)19-15-29-21(25-19)18-13-9-8-12-17(18)16-10-6-5-7-11-16;1-2/h8-9,12-13,15-16H,5-7,10-11,14H2,1-4H3,(H,27,28);1-2H3. The molecule has 1 aromatic heterocycles. The number of aromatic nitrogens is 1. The van der Waals surface area contributed by atoms with Crippen molar-refractivity contribution in [3.63, 3.8) is 0 Å². The summed E-state index contributed by atoms with van der Waals surface area (Å²) in [6, 6.07) is 8.50. The van der Waals surface area contributed by atoms with Crippen molar-refractivity contribution in [1.29, 1.82) is 0 Å². The fraction of sp³-hybridized carbons (Fsp3) is 0.577. The molecule has 31 heavy (non-hydrogen) atoms. The van der Waals surface area contributed by atoms with E-state index < -0.39 is 16.8 Å². The first-order valence-electron chi connectivity index (χ1n) is 11.4. The number of benzene rings is 1. The number of carbonyl (C=O) groups is 2. The highest BCUT2D eigenvalue weighted by molar-refractivity contribution is 7.13. The first-order chi connectivity index (χ1) is 14.6. The molecule has 0 atom stereocenters. The summed E-state index contributed by atoms with van der Waals surface area (Å²) in [5.74, 6) is -0.470. The van der Waals surface area contributed by atoms with E-state index in [1.165, 1.54) is 43.2 Å². The van der Waals surface area contributed by atoms with Crippen LogP contribution in [0.4, 0.5) is 0 Å². The van der Waals surface area contributed by atoms with E-state index in [-0.39, 0.29) is 12.2 Å². The lowest BCUT2D eigenvalue weighted by molar-refractivity contribution is -0.149. The molecule has 1 heterocycles. The second-order valence-corrected chi connectivity index (χ2v) is 10.2. The van der Waals surface area contributed by atoms with Gasteiger partial charge in [0.1, 0.15) is 10.8 Å². The Bertz CT molecular complexity index is 892. The van der Waals surface area contributed by atoms with Crippen molar-refractivity contribution in [1.82, 2.24) is 4.98 Å². The topological polar surface area (TPSA) is 67.3 Å². The highest BCUT2D eigenvalue weighted by atomic mass is 32.1. The van der Waals surface area contributed by atoms with Gasteiger partial charge in [0.05, 0.1) is 16.5 Å².